The smallest absolute Gasteiger partial charge is 0.236 e. The minimum Gasteiger partial charge on any atom is -0.340 e. The minimum atomic E-state index is 0.0778. The number of aryl methyl sites for hydroxylation is 1. The molecule has 0 aromatic heterocycles. The van der Waals surface area contributed by atoms with Gasteiger partial charge >= 0.3 is 0 Å². The fraction of sp³-hybridized carbons (Fsp3) is 0.316. The van der Waals surface area contributed by atoms with Gasteiger partial charge in [0.05, 0.1) is 6.54 Å². The van der Waals surface area contributed by atoms with E-state index in [-0.39, 0.29) is 11.9 Å². The van der Waals surface area contributed by atoms with Crippen molar-refractivity contribution >= 4 is 17.5 Å². The molecule has 0 aliphatic rings. The Labute approximate surface area is 143 Å². The maximum atomic E-state index is 12.3. The molecule has 1 N–H and O–H groups in total. The third-order valence-corrected chi connectivity index (χ3v) is 4.28. The summed E-state index contributed by atoms with van der Waals surface area (Å²) in [6, 6.07) is 15.9. The van der Waals surface area contributed by atoms with Crippen LogP contribution in [0.25, 0.3) is 0 Å². The molecule has 3 nitrogen and oxygen atoms in total. The summed E-state index contributed by atoms with van der Waals surface area (Å²) in [5.74, 6) is 0.0778. The van der Waals surface area contributed by atoms with Gasteiger partial charge in [0.15, 0.2) is 0 Å². The average Bonchev–Trinajstić information content (AvgIpc) is 2.55. The summed E-state index contributed by atoms with van der Waals surface area (Å²) in [4.78, 5) is 14.0. The van der Waals surface area contributed by atoms with Crippen LogP contribution in [0, 0.1) is 6.92 Å². The van der Waals surface area contributed by atoms with Crippen molar-refractivity contribution in [3.63, 3.8) is 0 Å². The number of rotatable bonds is 6. The summed E-state index contributed by atoms with van der Waals surface area (Å²) in [5.41, 5.74) is 3.49. The van der Waals surface area contributed by atoms with E-state index in [4.69, 9.17) is 11.6 Å². The summed E-state index contributed by atoms with van der Waals surface area (Å²) < 4.78 is 0. The van der Waals surface area contributed by atoms with Crippen LogP contribution in [-0.4, -0.2) is 24.4 Å². The number of nitrogens with zero attached hydrogens (tertiary/aromatic N) is 1. The molecule has 0 saturated carbocycles. The lowest BCUT2D eigenvalue weighted by atomic mass is 10.1. The van der Waals surface area contributed by atoms with Crippen molar-refractivity contribution in [3.05, 3.63) is 70.2 Å². The van der Waals surface area contributed by atoms with Gasteiger partial charge in [-0.1, -0.05) is 48.0 Å². The predicted molar refractivity (Wildman–Crippen MR) is 95.5 cm³/mol. The lowest BCUT2D eigenvalue weighted by Crippen LogP contribution is -2.36. The zero-order valence-corrected chi connectivity index (χ0v) is 14.6. The van der Waals surface area contributed by atoms with Crippen LogP contribution in [0.3, 0.4) is 0 Å². The third kappa shape index (κ3) is 5.08. The van der Waals surface area contributed by atoms with E-state index in [0.29, 0.717) is 13.1 Å². The summed E-state index contributed by atoms with van der Waals surface area (Å²) >= 11 is 5.89. The lowest BCUT2D eigenvalue weighted by molar-refractivity contribution is -0.129. The summed E-state index contributed by atoms with van der Waals surface area (Å²) in [7, 11) is 1.84. The highest BCUT2D eigenvalue weighted by Crippen LogP contribution is 2.16. The van der Waals surface area contributed by atoms with Gasteiger partial charge in [-0.15, -0.1) is 0 Å². The van der Waals surface area contributed by atoms with E-state index in [1.54, 1.807) is 4.90 Å². The quantitative estimate of drug-likeness (QED) is 0.869. The van der Waals surface area contributed by atoms with Crippen LogP contribution >= 0.6 is 11.6 Å². The molecule has 2 aromatic rings. The highest BCUT2D eigenvalue weighted by atomic mass is 35.5. The van der Waals surface area contributed by atoms with Crippen LogP contribution in [-0.2, 0) is 11.3 Å². The number of amides is 1. The Balaban J connectivity index is 1.86. The van der Waals surface area contributed by atoms with Crippen molar-refractivity contribution in [1.82, 2.24) is 10.2 Å². The first kappa shape index (κ1) is 17.5. The SMILES string of the molecule is Cc1ccccc1CN(C)C(=O)CNC(C)c1ccc(Cl)cc1. The van der Waals surface area contributed by atoms with E-state index in [0.717, 1.165) is 10.6 Å². The number of halogens is 1. The monoisotopic (exact) mass is 330 g/mol. The van der Waals surface area contributed by atoms with E-state index in [1.165, 1.54) is 11.1 Å². The first-order chi connectivity index (χ1) is 11.0. The first-order valence-electron chi connectivity index (χ1n) is 7.74. The molecule has 0 aliphatic carbocycles. The second-order valence-electron chi connectivity index (χ2n) is 5.83. The molecule has 2 aromatic carbocycles. The molecule has 1 atom stereocenters. The Hall–Kier alpha value is -1.84. The Kier molecular flexibility index (Phi) is 6.20. The van der Waals surface area contributed by atoms with Gasteiger partial charge in [0.25, 0.3) is 0 Å². The molecule has 23 heavy (non-hydrogen) atoms. The van der Waals surface area contributed by atoms with E-state index in [1.807, 2.05) is 50.4 Å². The third-order valence-electron chi connectivity index (χ3n) is 4.02. The zero-order chi connectivity index (χ0) is 16.8. The number of likely N-dealkylation sites (N-methyl/N-ethyl adjacent to an activating group) is 1. The van der Waals surface area contributed by atoms with Crippen molar-refractivity contribution in [2.45, 2.75) is 26.4 Å². The number of hydrogen-bond donors (Lipinski definition) is 1. The van der Waals surface area contributed by atoms with Gasteiger partial charge in [-0.25, -0.2) is 0 Å². The molecular weight excluding hydrogens is 308 g/mol. The topological polar surface area (TPSA) is 32.3 Å². The Morgan fingerprint density at radius 2 is 1.83 bits per heavy atom. The van der Waals surface area contributed by atoms with Crippen LogP contribution in [0.15, 0.2) is 48.5 Å². The summed E-state index contributed by atoms with van der Waals surface area (Å²) in [5, 5.41) is 3.98. The van der Waals surface area contributed by atoms with Gasteiger partial charge in [-0.3, -0.25) is 4.79 Å². The highest BCUT2D eigenvalue weighted by Gasteiger charge is 2.12. The van der Waals surface area contributed by atoms with E-state index >= 15 is 0 Å². The van der Waals surface area contributed by atoms with Gasteiger partial charge in [0.1, 0.15) is 0 Å². The summed E-state index contributed by atoms with van der Waals surface area (Å²) in [6.45, 7) is 5.04. The van der Waals surface area contributed by atoms with Gasteiger partial charge in [-0.05, 0) is 42.7 Å². The van der Waals surface area contributed by atoms with Crippen molar-refractivity contribution < 1.29 is 4.79 Å². The van der Waals surface area contributed by atoms with Gasteiger partial charge in [-0.2, -0.15) is 0 Å². The molecule has 122 valence electrons. The van der Waals surface area contributed by atoms with Crippen molar-refractivity contribution in [2.24, 2.45) is 0 Å². The molecular formula is C19H23ClN2O. The first-order valence-corrected chi connectivity index (χ1v) is 8.12. The largest absolute Gasteiger partial charge is 0.340 e. The molecule has 1 unspecified atom stereocenters. The van der Waals surface area contributed by atoms with Gasteiger partial charge in [0.2, 0.25) is 5.91 Å². The molecule has 0 radical (unpaired) electrons. The van der Waals surface area contributed by atoms with Crippen molar-refractivity contribution in [1.29, 1.82) is 0 Å². The molecule has 1 amide bonds. The van der Waals surface area contributed by atoms with Crippen molar-refractivity contribution in [2.75, 3.05) is 13.6 Å². The molecule has 0 fully saturated rings. The number of carbonyl (C=O) groups is 1. The molecule has 0 heterocycles. The maximum Gasteiger partial charge on any atom is 0.236 e. The summed E-state index contributed by atoms with van der Waals surface area (Å²) in [6.07, 6.45) is 0. The molecule has 0 saturated heterocycles. The second-order valence-corrected chi connectivity index (χ2v) is 6.27. The predicted octanol–water partition coefficient (Wildman–Crippen LogP) is 3.96. The zero-order valence-electron chi connectivity index (χ0n) is 13.8. The normalized spacial score (nSPS) is 12.0. The fourth-order valence-electron chi connectivity index (χ4n) is 2.38. The van der Waals surface area contributed by atoms with Gasteiger partial charge < -0.3 is 10.2 Å². The number of benzene rings is 2. The van der Waals surface area contributed by atoms with Gasteiger partial charge in [0, 0.05) is 24.7 Å². The minimum absolute atomic E-state index is 0.0778. The van der Waals surface area contributed by atoms with Crippen LogP contribution in [0.5, 0.6) is 0 Å². The average molecular weight is 331 g/mol. The van der Waals surface area contributed by atoms with Crippen LogP contribution in [0.1, 0.15) is 29.7 Å². The van der Waals surface area contributed by atoms with E-state index in [9.17, 15) is 4.79 Å². The fourth-order valence-corrected chi connectivity index (χ4v) is 2.50. The van der Waals surface area contributed by atoms with Crippen LogP contribution < -0.4 is 5.32 Å². The molecule has 0 bridgehead atoms. The molecule has 2 rings (SSSR count). The number of nitrogens with one attached hydrogen (secondary N) is 1. The number of carbonyl (C=O) groups excluding carboxylic acids is 1. The standard InChI is InChI=1S/C19H23ClN2O/c1-14-6-4-5-7-17(14)13-22(3)19(23)12-21-15(2)16-8-10-18(20)11-9-16/h4-11,15,21H,12-13H2,1-3H3. The molecule has 0 aliphatic heterocycles. The highest BCUT2D eigenvalue weighted by molar-refractivity contribution is 6.30. The van der Waals surface area contributed by atoms with Crippen LogP contribution in [0.4, 0.5) is 0 Å². The molecule has 0 spiro atoms. The van der Waals surface area contributed by atoms with Crippen LogP contribution in [0.2, 0.25) is 5.02 Å². The Morgan fingerprint density at radius 1 is 1.17 bits per heavy atom. The maximum absolute atomic E-state index is 12.3. The second kappa shape index (κ2) is 8.14. The van der Waals surface area contributed by atoms with E-state index in [2.05, 4.69) is 24.4 Å². The number of hydrogen-bond acceptors (Lipinski definition) is 2. The van der Waals surface area contributed by atoms with E-state index < -0.39 is 0 Å². The Morgan fingerprint density at radius 3 is 2.48 bits per heavy atom. The lowest BCUT2D eigenvalue weighted by Gasteiger charge is -2.20. The molecule has 4 heteroatoms. The van der Waals surface area contributed by atoms with Crippen molar-refractivity contribution in [3.8, 4) is 0 Å². The Bertz CT molecular complexity index is 655.